The Morgan fingerprint density at radius 2 is 1.77 bits per heavy atom. The summed E-state index contributed by atoms with van der Waals surface area (Å²) in [5.74, 6) is 0. The topological polar surface area (TPSA) is 9.86 Å². The summed E-state index contributed by atoms with van der Waals surface area (Å²) in [7, 11) is 0. The molecule has 0 amide bonds. The van der Waals surface area contributed by atoms with E-state index in [0.29, 0.717) is 0 Å². The fraction of sp³-hybridized carbons (Fsp3) is 0.103. The van der Waals surface area contributed by atoms with Crippen LogP contribution in [0.2, 0.25) is 0 Å². The fourth-order valence-corrected chi connectivity index (χ4v) is 4.51. The molecule has 1 aliphatic carbocycles. The summed E-state index contributed by atoms with van der Waals surface area (Å²) in [6, 6.07) is 19.3. The van der Waals surface area contributed by atoms with Crippen molar-refractivity contribution in [3.05, 3.63) is 115 Å². The number of rotatable bonds is 5. The Kier molecular flexibility index (Phi) is 5.05. The van der Waals surface area contributed by atoms with E-state index in [1.807, 2.05) is 19.1 Å². The molecule has 2 aromatic heterocycles. The highest BCUT2D eigenvalue weighted by Gasteiger charge is 2.21. The Morgan fingerprint density at radius 1 is 0.968 bits per heavy atom. The van der Waals surface area contributed by atoms with Gasteiger partial charge >= 0.3 is 0 Å². The highest BCUT2D eigenvalue weighted by molar-refractivity contribution is 5.98. The van der Waals surface area contributed by atoms with Crippen LogP contribution in [0.5, 0.6) is 0 Å². The normalized spacial score (nSPS) is 13.8. The van der Waals surface area contributed by atoms with E-state index < -0.39 is 0 Å². The van der Waals surface area contributed by atoms with Crippen molar-refractivity contribution >= 4 is 22.7 Å². The lowest BCUT2D eigenvalue weighted by Crippen LogP contribution is -1.99. The molecule has 0 bridgehead atoms. The first-order chi connectivity index (χ1) is 15.3. The van der Waals surface area contributed by atoms with Crippen molar-refractivity contribution in [2.24, 2.45) is 0 Å². The highest BCUT2D eigenvalue weighted by Crippen LogP contribution is 2.39. The largest absolute Gasteiger partial charge is 0.316 e. The highest BCUT2D eigenvalue weighted by atomic mass is 15.0. The van der Waals surface area contributed by atoms with Crippen LogP contribution in [0.15, 0.2) is 104 Å². The molecule has 2 heterocycles. The first kappa shape index (κ1) is 19.2. The van der Waals surface area contributed by atoms with Gasteiger partial charge in [-0.05, 0) is 61.8 Å². The van der Waals surface area contributed by atoms with E-state index in [0.717, 1.165) is 18.5 Å². The second-order valence-electron chi connectivity index (χ2n) is 7.80. The van der Waals surface area contributed by atoms with Crippen LogP contribution < -0.4 is 0 Å². The SMILES string of the molecule is C=C/C(=C\C=C/C)n1cc(-c2cn(-c3ccccc3)c3ccccc23)c2c1C=CCC2. The van der Waals surface area contributed by atoms with Gasteiger partial charge in [-0.2, -0.15) is 0 Å². The van der Waals surface area contributed by atoms with Crippen molar-refractivity contribution in [3.8, 4) is 16.8 Å². The lowest BCUT2D eigenvalue weighted by atomic mass is 9.96. The third kappa shape index (κ3) is 3.30. The molecule has 0 fully saturated rings. The summed E-state index contributed by atoms with van der Waals surface area (Å²) in [6.45, 7) is 6.10. The molecule has 31 heavy (non-hydrogen) atoms. The zero-order valence-electron chi connectivity index (χ0n) is 17.8. The van der Waals surface area contributed by atoms with Gasteiger partial charge in [0.25, 0.3) is 0 Å². The van der Waals surface area contributed by atoms with E-state index in [1.54, 1.807) is 0 Å². The summed E-state index contributed by atoms with van der Waals surface area (Å²) < 4.78 is 4.58. The first-order valence-corrected chi connectivity index (χ1v) is 10.8. The van der Waals surface area contributed by atoms with Crippen molar-refractivity contribution in [3.63, 3.8) is 0 Å². The van der Waals surface area contributed by atoms with Crippen LogP contribution in [-0.4, -0.2) is 9.13 Å². The van der Waals surface area contributed by atoms with E-state index in [-0.39, 0.29) is 0 Å². The molecule has 152 valence electrons. The second-order valence-corrected chi connectivity index (χ2v) is 7.80. The Bertz CT molecular complexity index is 1340. The van der Waals surface area contributed by atoms with Crippen molar-refractivity contribution in [1.29, 1.82) is 0 Å². The van der Waals surface area contributed by atoms with Gasteiger partial charge in [-0.15, -0.1) is 0 Å². The molecule has 2 heteroatoms. The maximum atomic E-state index is 4.06. The summed E-state index contributed by atoms with van der Waals surface area (Å²) in [6.07, 6.45) is 19.4. The molecular formula is C29H26N2. The molecule has 0 saturated heterocycles. The maximum absolute atomic E-state index is 4.06. The Hall–Kier alpha value is -3.78. The minimum absolute atomic E-state index is 1.05. The van der Waals surface area contributed by atoms with Crippen molar-refractivity contribution < 1.29 is 0 Å². The van der Waals surface area contributed by atoms with Gasteiger partial charge in [-0.3, -0.25) is 0 Å². The first-order valence-electron chi connectivity index (χ1n) is 10.8. The van der Waals surface area contributed by atoms with Gasteiger partial charge in [0.05, 0.1) is 5.52 Å². The van der Waals surface area contributed by atoms with Gasteiger partial charge < -0.3 is 9.13 Å². The zero-order valence-corrected chi connectivity index (χ0v) is 17.8. The smallest absolute Gasteiger partial charge is 0.0534 e. The Labute approximate surface area is 183 Å². The predicted molar refractivity (Wildman–Crippen MR) is 133 cm³/mol. The molecule has 0 aliphatic heterocycles. The third-order valence-electron chi connectivity index (χ3n) is 5.97. The summed E-state index contributed by atoms with van der Waals surface area (Å²) >= 11 is 0. The number of para-hydroxylation sites is 2. The van der Waals surface area contributed by atoms with Gasteiger partial charge in [0.15, 0.2) is 0 Å². The van der Waals surface area contributed by atoms with E-state index in [4.69, 9.17) is 0 Å². The molecule has 4 aromatic rings. The number of hydrogen-bond donors (Lipinski definition) is 0. The van der Waals surface area contributed by atoms with Gasteiger partial charge in [-0.25, -0.2) is 0 Å². The Morgan fingerprint density at radius 3 is 2.58 bits per heavy atom. The van der Waals surface area contributed by atoms with Crippen LogP contribution in [0.3, 0.4) is 0 Å². The number of hydrogen-bond acceptors (Lipinski definition) is 0. The van der Waals surface area contributed by atoms with Crippen LogP contribution in [0.4, 0.5) is 0 Å². The summed E-state index contributed by atoms with van der Waals surface area (Å²) in [5.41, 5.74) is 8.74. The van der Waals surface area contributed by atoms with Crippen molar-refractivity contribution in [1.82, 2.24) is 9.13 Å². The molecule has 0 atom stereocenters. The van der Waals surface area contributed by atoms with Gasteiger partial charge in [0.1, 0.15) is 0 Å². The average molecular weight is 403 g/mol. The lowest BCUT2D eigenvalue weighted by molar-refractivity contribution is 0.968. The number of nitrogens with zero attached hydrogens (tertiary/aromatic N) is 2. The van der Waals surface area contributed by atoms with Crippen LogP contribution in [0, 0.1) is 0 Å². The molecule has 1 aliphatic rings. The molecule has 5 rings (SSSR count). The molecule has 0 N–H and O–H groups in total. The van der Waals surface area contributed by atoms with Gasteiger partial charge in [-0.1, -0.05) is 61.2 Å². The number of benzene rings is 2. The molecular weight excluding hydrogens is 376 g/mol. The number of aromatic nitrogens is 2. The third-order valence-corrected chi connectivity index (χ3v) is 5.97. The Balaban J connectivity index is 1.77. The fourth-order valence-electron chi connectivity index (χ4n) is 4.51. The average Bonchev–Trinajstić information content (AvgIpc) is 3.39. The van der Waals surface area contributed by atoms with Crippen LogP contribution >= 0.6 is 0 Å². The predicted octanol–water partition coefficient (Wildman–Crippen LogP) is 7.66. The van der Waals surface area contributed by atoms with E-state index in [9.17, 15) is 0 Å². The number of allylic oxidation sites excluding steroid dienone is 6. The molecule has 0 unspecified atom stereocenters. The van der Waals surface area contributed by atoms with Gasteiger partial charge in [0.2, 0.25) is 0 Å². The summed E-state index contributed by atoms with van der Waals surface area (Å²) in [4.78, 5) is 0. The quantitative estimate of drug-likeness (QED) is 0.303. The minimum Gasteiger partial charge on any atom is -0.316 e. The maximum Gasteiger partial charge on any atom is 0.0534 e. The molecule has 2 aromatic carbocycles. The van der Waals surface area contributed by atoms with Crippen LogP contribution in [0.25, 0.3) is 39.5 Å². The lowest BCUT2D eigenvalue weighted by Gasteiger charge is -2.12. The summed E-state index contributed by atoms with van der Waals surface area (Å²) in [5, 5.41) is 1.28. The molecule has 0 spiro atoms. The van der Waals surface area contributed by atoms with E-state index >= 15 is 0 Å². The minimum atomic E-state index is 1.05. The second kappa shape index (κ2) is 8.16. The van der Waals surface area contributed by atoms with Crippen molar-refractivity contribution in [2.45, 2.75) is 19.8 Å². The standard InChI is InChI=1S/C29H26N2/c1-3-5-13-22(4-2)30-20-26(24-16-9-11-18-28(24)30)27-21-31(23-14-7-6-8-15-23)29-19-12-10-17-25(27)29/h3-8,10-15,17-21H,2,9,16H2,1H3/b5-3-,22-13+. The van der Waals surface area contributed by atoms with E-state index in [1.165, 1.54) is 39.0 Å². The van der Waals surface area contributed by atoms with E-state index in [2.05, 4.69) is 107 Å². The van der Waals surface area contributed by atoms with Gasteiger partial charge in [0, 0.05) is 46.0 Å². The molecule has 2 nitrogen and oxygen atoms in total. The monoisotopic (exact) mass is 402 g/mol. The zero-order chi connectivity index (χ0) is 21.2. The number of fused-ring (bicyclic) bond motifs is 2. The molecule has 0 radical (unpaired) electrons. The van der Waals surface area contributed by atoms with Crippen LogP contribution in [-0.2, 0) is 6.42 Å². The van der Waals surface area contributed by atoms with Crippen LogP contribution in [0.1, 0.15) is 24.6 Å². The molecule has 0 saturated carbocycles. The van der Waals surface area contributed by atoms with Crippen molar-refractivity contribution in [2.75, 3.05) is 0 Å².